The molecule has 0 amide bonds. The van der Waals surface area contributed by atoms with Gasteiger partial charge in [-0.3, -0.25) is 0 Å². The average molecular weight is 695 g/mol. The van der Waals surface area contributed by atoms with Gasteiger partial charge in [-0.15, -0.1) is 16.4 Å². The molecule has 1 nitrogen and oxygen atoms in total. The van der Waals surface area contributed by atoms with Crippen LogP contribution in [0, 0.1) is 87.3 Å². The third kappa shape index (κ3) is 6.95. The smallest absolute Gasteiger partial charge is 0.200 e. The molecule has 0 heterocycles. The molecule has 2 saturated carbocycles. The molecule has 2 fully saturated rings. The van der Waals surface area contributed by atoms with Gasteiger partial charge in [0.2, 0.25) is 0 Å². The fourth-order valence-electron chi connectivity index (χ4n) is 6.45. The predicted molar refractivity (Wildman–Crippen MR) is 140 cm³/mol. The van der Waals surface area contributed by atoms with Crippen molar-refractivity contribution in [2.24, 2.45) is 0 Å². The SMILES string of the molecule is C1CCC([NH2+]C2CCCCC2)CC1.Fc1c(F)c(F)c([BH-](c2c(F)c(F)c(F)c(F)c2F)c2c(F)c(F)c(F)c(F)c2F)c(F)c1F. The molecule has 0 radical (unpaired) electrons. The average Bonchev–Trinajstić information content (AvgIpc) is 3.07. The summed E-state index contributed by atoms with van der Waals surface area (Å²) in [6.45, 7) is -5.16. The summed E-state index contributed by atoms with van der Waals surface area (Å²) in [6.07, 6.45) is 15.0. The van der Waals surface area contributed by atoms with Gasteiger partial charge in [-0.05, 0) is 51.4 Å². The lowest BCUT2D eigenvalue weighted by Gasteiger charge is -2.30. The number of nitrogens with two attached hydrogens (primary N) is 1. The van der Waals surface area contributed by atoms with Gasteiger partial charge in [0.25, 0.3) is 0 Å². The number of rotatable bonds is 5. The van der Waals surface area contributed by atoms with Crippen LogP contribution in [0.2, 0.25) is 0 Å². The monoisotopic (exact) mass is 695 g/mol. The molecule has 0 bridgehead atoms. The first-order valence-corrected chi connectivity index (χ1v) is 14.7. The molecule has 2 aliphatic carbocycles. The summed E-state index contributed by atoms with van der Waals surface area (Å²) >= 11 is 0. The van der Waals surface area contributed by atoms with Crippen molar-refractivity contribution in [3.8, 4) is 0 Å². The van der Waals surface area contributed by atoms with E-state index < -0.39 is 110 Å². The molecule has 0 atom stereocenters. The third-order valence-corrected chi connectivity index (χ3v) is 8.81. The first-order chi connectivity index (χ1) is 22.1. The Morgan fingerprint density at radius 3 is 0.702 bits per heavy atom. The standard InChI is InChI=1S/C18HBF15.C12H23N/c20-4-1(5(21)11(27)16(32)10(4)26)19(2-6(22)12(28)17(33)13(29)7(2)23)3-8(24)14(30)18(34)15(31)9(3)25;1-3-7-11(8-4-1)13-12-9-5-2-6-10-12/h19H;11-13H,1-10H2/q-1;/p+1. The number of halogens is 15. The summed E-state index contributed by atoms with van der Waals surface area (Å²) in [4.78, 5) is 0. The highest BCUT2D eigenvalue weighted by molar-refractivity contribution is 6.95. The third-order valence-electron chi connectivity index (χ3n) is 8.81. The Hall–Kier alpha value is -3.37. The van der Waals surface area contributed by atoms with Gasteiger partial charge in [-0.1, -0.05) is 12.8 Å². The molecule has 47 heavy (non-hydrogen) atoms. The highest BCUT2D eigenvalue weighted by atomic mass is 19.2. The Labute approximate surface area is 258 Å². The summed E-state index contributed by atoms with van der Waals surface area (Å²) in [6, 6.07) is 1.99. The maximum absolute atomic E-state index is 14.4. The normalized spacial score (nSPS) is 16.1. The van der Waals surface area contributed by atoms with Gasteiger partial charge < -0.3 is 5.32 Å². The fourth-order valence-corrected chi connectivity index (χ4v) is 6.45. The van der Waals surface area contributed by atoms with Crippen LogP contribution in [0.4, 0.5) is 65.9 Å². The number of quaternary nitrogens is 1. The van der Waals surface area contributed by atoms with Crippen LogP contribution >= 0.6 is 0 Å². The molecule has 5 rings (SSSR count). The van der Waals surface area contributed by atoms with Crippen molar-refractivity contribution >= 4 is 23.1 Å². The van der Waals surface area contributed by atoms with Crippen LogP contribution in [0.1, 0.15) is 64.2 Å². The van der Waals surface area contributed by atoms with E-state index in [0.717, 1.165) is 12.1 Å². The number of hydrogen-bond donors (Lipinski definition) is 1. The van der Waals surface area contributed by atoms with Crippen molar-refractivity contribution in [2.45, 2.75) is 76.3 Å². The van der Waals surface area contributed by atoms with Gasteiger partial charge in [0.15, 0.2) is 52.4 Å². The van der Waals surface area contributed by atoms with Crippen LogP contribution in [-0.2, 0) is 0 Å². The van der Waals surface area contributed by atoms with Crippen molar-refractivity contribution < 1.29 is 71.2 Å². The second kappa shape index (κ2) is 14.8. The number of benzene rings is 3. The lowest BCUT2D eigenvalue weighted by molar-refractivity contribution is -0.725. The molecule has 0 saturated heterocycles. The minimum absolute atomic E-state index is 0.997. The van der Waals surface area contributed by atoms with E-state index in [1.807, 2.05) is 0 Å². The maximum atomic E-state index is 14.4. The largest absolute Gasteiger partial charge is 0.341 e. The van der Waals surface area contributed by atoms with Crippen molar-refractivity contribution in [3.05, 3.63) is 87.3 Å². The molecule has 2 aliphatic rings. The Morgan fingerprint density at radius 1 is 0.298 bits per heavy atom. The van der Waals surface area contributed by atoms with Crippen molar-refractivity contribution in [2.75, 3.05) is 0 Å². The molecule has 0 aromatic heterocycles. The van der Waals surface area contributed by atoms with E-state index in [2.05, 4.69) is 5.32 Å². The van der Waals surface area contributed by atoms with Gasteiger partial charge in [-0.2, -0.15) is 0 Å². The lowest BCUT2D eigenvalue weighted by atomic mass is 9.36. The van der Waals surface area contributed by atoms with E-state index in [1.165, 1.54) is 64.2 Å². The Morgan fingerprint density at radius 2 is 0.489 bits per heavy atom. The zero-order valence-electron chi connectivity index (χ0n) is 24.2. The minimum Gasteiger partial charge on any atom is -0.341 e. The summed E-state index contributed by atoms with van der Waals surface area (Å²) in [7, 11) is 0. The lowest BCUT2D eigenvalue weighted by Crippen LogP contribution is -2.95. The molecule has 0 aliphatic heterocycles. The van der Waals surface area contributed by atoms with Crippen LogP contribution in [0.15, 0.2) is 0 Å². The van der Waals surface area contributed by atoms with E-state index >= 15 is 0 Å². The maximum Gasteiger partial charge on any atom is 0.200 e. The molecule has 3 aromatic carbocycles. The number of hydrogen-bond acceptors (Lipinski definition) is 0. The first-order valence-electron chi connectivity index (χ1n) is 14.7. The molecule has 3 aromatic rings. The highest BCUT2D eigenvalue weighted by Crippen LogP contribution is 2.24. The van der Waals surface area contributed by atoms with Crippen LogP contribution in [-0.4, -0.2) is 18.8 Å². The molecule has 0 spiro atoms. The molecule has 2 N–H and O–H groups in total. The summed E-state index contributed by atoms with van der Waals surface area (Å²) in [5.41, 5.74) is -7.78. The second-order valence-corrected chi connectivity index (χ2v) is 11.7. The highest BCUT2D eigenvalue weighted by Gasteiger charge is 2.37. The van der Waals surface area contributed by atoms with Crippen LogP contribution in [0.3, 0.4) is 0 Å². The van der Waals surface area contributed by atoms with Crippen molar-refractivity contribution in [1.29, 1.82) is 0 Å². The van der Waals surface area contributed by atoms with Gasteiger partial charge in [-0.25, -0.2) is 65.9 Å². The predicted octanol–water partition coefficient (Wildman–Crippen LogP) is 6.24. The minimum atomic E-state index is -5.16. The Kier molecular flexibility index (Phi) is 11.5. The van der Waals surface area contributed by atoms with Crippen LogP contribution in [0.5, 0.6) is 0 Å². The fraction of sp³-hybridized carbons (Fsp3) is 0.400. The van der Waals surface area contributed by atoms with Gasteiger partial charge in [0, 0.05) is 0 Å². The van der Waals surface area contributed by atoms with Crippen LogP contribution < -0.4 is 21.7 Å². The van der Waals surface area contributed by atoms with Gasteiger partial charge in [0.05, 0.1) is 18.8 Å². The Bertz CT molecular complexity index is 1380. The molecule has 258 valence electrons. The van der Waals surface area contributed by atoms with Gasteiger partial charge >= 0.3 is 0 Å². The zero-order chi connectivity index (χ0) is 34.9. The topological polar surface area (TPSA) is 16.6 Å². The summed E-state index contributed by atoms with van der Waals surface area (Å²) in [5.74, 6) is -44.8. The van der Waals surface area contributed by atoms with E-state index in [0.29, 0.717) is 0 Å². The molecule has 17 heteroatoms. The Balaban J connectivity index is 0.000000318. The van der Waals surface area contributed by atoms with E-state index in [9.17, 15) is 65.9 Å². The molecular formula is C30H25BF15N. The van der Waals surface area contributed by atoms with E-state index in [-0.39, 0.29) is 0 Å². The molecular weight excluding hydrogens is 670 g/mol. The quantitative estimate of drug-likeness (QED) is 0.141. The molecule has 0 unspecified atom stereocenters. The zero-order valence-corrected chi connectivity index (χ0v) is 24.2. The first kappa shape index (κ1) is 36.5. The van der Waals surface area contributed by atoms with Crippen molar-refractivity contribution in [1.82, 2.24) is 0 Å². The summed E-state index contributed by atoms with van der Waals surface area (Å²) < 4.78 is 209. The van der Waals surface area contributed by atoms with Gasteiger partial charge in [0.1, 0.15) is 34.9 Å². The van der Waals surface area contributed by atoms with Crippen LogP contribution in [0.25, 0.3) is 0 Å². The summed E-state index contributed by atoms with van der Waals surface area (Å²) in [5, 5.41) is 2.72. The van der Waals surface area contributed by atoms with E-state index in [4.69, 9.17) is 0 Å². The van der Waals surface area contributed by atoms with Crippen molar-refractivity contribution in [3.63, 3.8) is 0 Å². The van der Waals surface area contributed by atoms with E-state index in [1.54, 1.807) is 0 Å². The second-order valence-electron chi connectivity index (χ2n) is 11.7.